The summed E-state index contributed by atoms with van der Waals surface area (Å²) in [6.45, 7) is 3.21. The molecule has 2 heteroatoms. The van der Waals surface area contributed by atoms with Crippen LogP contribution in [0.3, 0.4) is 0 Å². The predicted molar refractivity (Wildman–Crippen MR) is 73.0 cm³/mol. The van der Waals surface area contributed by atoms with Crippen molar-refractivity contribution >= 4 is 11.4 Å². The Hall–Kier alpha value is -1.18. The standard InChI is InChI=1S/C15H22N2/c1-10-6-14(4-5-15(10)16)17-9-13-8-11-2-3-12(13)7-11/h4-6,11-13,17H,2-3,7-9,16H2,1H3. The van der Waals surface area contributed by atoms with Crippen LogP contribution in [0.4, 0.5) is 11.4 Å². The van der Waals surface area contributed by atoms with Gasteiger partial charge >= 0.3 is 0 Å². The van der Waals surface area contributed by atoms with E-state index < -0.39 is 0 Å². The summed E-state index contributed by atoms with van der Waals surface area (Å²) < 4.78 is 0. The fourth-order valence-corrected chi connectivity index (χ4v) is 3.66. The number of nitrogens with two attached hydrogens (primary N) is 1. The van der Waals surface area contributed by atoms with Crippen molar-refractivity contribution in [2.45, 2.75) is 32.6 Å². The monoisotopic (exact) mass is 230 g/mol. The highest BCUT2D eigenvalue weighted by Crippen LogP contribution is 2.48. The largest absolute Gasteiger partial charge is 0.399 e. The molecule has 2 bridgehead atoms. The average molecular weight is 230 g/mol. The second-order valence-corrected chi connectivity index (χ2v) is 5.89. The van der Waals surface area contributed by atoms with E-state index in [1.165, 1.54) is 36.9 Å². The Bertz CT molecular complexity index is 413. The molecule has 0 amide bonds. The fourth-order valence-electron chi connectivity index (χ4n) is 3.66. The van der Waals surface area contributed by atoms with Gasteiger partial charge in [-0.25, -0.2) is 0 Å². The molecule has 92 valence electrons. The molecule has 3 rings (SSSR count). The van der Waals surface area contributed by atoms with Crippen molar-refractivity contribution in [1.29, 1.82) is 0 Å². The maximum atomic E-state index is 5.83. The van der Waals surface area contributed by atoms with Crippen molar-refractivity contribution in [3.8, 4) is 0 Å². The molecule has 0 aromatic heterocycles. The van der Waals surface area contributed by atoms with Crippen molar-refractivity contribution in [3.63, 3.8) is 0 Å². The molecule has 0 heterocycles. The van der Waals surface area contributed by atoms with Gasteiger partial charge in [-0.15, -0.1) is 0 Å². The third kappa shape index (κ3) is 2.13. The van der Waals surface area contributed by atoms with Crippen LogP contribution in [-0.2, 0) is 0 Å². The lowest BCUT2D eigenvalue weighted by molar-refractivity contribution is 0.348. The Morgan fingerprint density at radius 1 is 1.29 bits per heavy atom. The highest BCUT2D eigenvalue weighted by Gasteiger charge is 2.38. The number of anilines is 2. The van der Waals surface area contributed by atoms with Crippen LogP contribution in [0.1, 0.15) is 31.2 Å². The Labute approximate surface area is 104 Å². The van der Waals surface area contributed by atoms with Crippen LogP contribution in [-0.4, -0.2) is 6.54 Å². The van der Waals surface area contributed by atoms with Gasteiger partial charge in [0, 0.05) is 17.9 Å². The molecule has 3 N–H and O–H groups in total. The quantitative estimate of drug-likeness (QED) is 0.781. The fraction of sp³-hybridized carbons (Fsp3) is 0.600. The minimum atomic E-state index is 0.885. The first-order valence-corrected chi connectivity index (χ1v) is 6.82. The molecule has 3 unspecified atom stereocenters. The summed E-state index contributed by atoms with van der Waals surface area (Å²) in [4.78, 5) is 0. The molecular weight excluding hydrogens is 208 g/mol. The molecule has 2 aliphatic carbocycles. The SMILES string of the molecule is Cc1cc(NCC2CC3CCC2C3)ccc1N. The smallest absolute Gasteiger partial charge is 0.0345 e. The van der Waals surface area contributed by atoms with Gasteiger partial charge in [0.05, 0.1) is 0 Å². The molecule has 0 radical (unpaired) electrons. The normalized spacial score (nSPS) is 30.8. The van der Waals surface area contributed by atoms with E-state index in [2.05, 4.69) is 24.4 Å². The molecule has 2 aliphatic rings. The van der Waals surface area contributed by atoms with E-state index >= 15 is 0 Å². The summed E-state index contributed by atoms with van der Waals surface area (Å²) in [5.74, 6) is 2.95. The summed E-state index contributed by atoms with van der Waals surface area (Å²) in [6, 6.07) is 6.25. The van der Waals surface area contributed by atoms with Gasteiger partial charge in [0.15, 0.2) is 0 Å². The number of fused-ring (bicyclic) bond motifs is 2. The van der Waals surface area contributed by atoms with Crippen molar-refractivity contribution in [1.82, 2.24) is 0 Å². The zero-order valence-electron chi connectivity index (χ0n) is 10.6. The summed E-state index contributed by atoms with van der Waals surface area (Å²) in [7, 11) is 0. The lowest BCUT2D eigenvalue weighted by atomic mass is 9.89. The van der Waals surface area contributed by atoms with Crippen LogP contribution in [0.5, 0.6) is 0 Å². The number of nitrogens with one attached hydrogen (secondary N) is 1. The van der Waals surface area contributed by atoms with Crippen LogP contribution in [0.2, 0.25) is 0 Å². The van der Waals surface area contributed by atoms with Crippen molar-refractivity contribution in [2.24, 2.45) is 17.8 Å². The zero-order valence-corrected chi connectivity index (χ0v) is 10.6. The van der Waals surface area contributed by atoms with Crippen LogP contribution >= 0.6 is 0 Å². The van der Waals surface area contributed by atoms with Crippen LogP contribution in [0.25, 0.3) is 0 Å². The van der Waals surface area contributed by atoms with E-state index in [-0.39, 0.29) is 0 Å². The number of aryl methyl sites for hydroxylation is 1. The van der Waals surface area contributed by atoms with Crippen molar-refractivity contribution in [2.75, 3.05) is 17.6 Å². The van der Waals surface area contributed by atoms with Crippen molar-refractivity contribution in [3.05, 3.63) is 23.8 Å². The van der Waals surface area contributed by atoms with Gasteiger partial charge in [0.2, 0.25) is 0 Å². The van der Waals surface area contributed by atoms with Crippen LogP contribution < -0.4 is 11.1 Å². The molecule has 17 heavy (non-hydrogen) atoms. The maximum absolute atomic E-state index is 5.83. The first-order chi connectivity index (χ1) is 8.22. The van der Waals surface area contributed by atoms with E-state index in [9.17, 15) is 0 Å². The molecule has 1 aromatic carbocycles. The van der Waals surface area contributed by atoms with Gasteiger partial charge in [-0.2, -0.15) is 0 Å². The number of nitrogen functional groups attached to an aromatic ring is 1. The minimum absolute atomic E-state index is 0.885. The number of benzene rings is 1. The van der Waals surface area contributed by atoms with E-state index in [4.69, 9.17) is 5.73 Å². The highest BCUT2D eigenvalue weighted by molar-refractivity contribution is 5.56. The lowest BCUT2D eigenvalue weighted by Gasteiger charge is -2.22. The molecule has 0 aliphatic heterocycles. The molecule has 2 fully saturated rings. The van der Waals surface area contributed by atoms with E-state index in [0.717, 1.165) is 30.0 Å². The molecular formula is C15H22N2. The number of rotatable bonds is 3. The van der Waals surface area contributed by atoms with Crippen LogP contribution in [0, 0.1) is 24.7 Å². The van der Waals surface area contributed by atoms with E-state index in [1.54, 1.807) is 0 Å². The van der Waals surface area contributed by atoms with Gasteiger partial charge in [0.1, 0.15) is 0 Å². The predicted octanol–water partition coefficient (Wildman–Crippen LogP) is 3.43. The summed E-state index contributed by atoms with van der Waals surface area (Å²) in [6.07, 6.45) is 5.90. The van der Waals surface area contributed by atoms with E-state index in [0.29, 0.717) is 0 Å². The Morgan fingerprint density at radius 2 is 2.18 bits per heavy atom. The van der Waals surface area contributed by atoms with Gasteiger partial charge in [-0.1, -0.05) is 6.42 Å². The molecule has 2 saturated carbocycles. The zero-order chi connectivity index (χ0) is 11.8. The Morgan fingerprint density at radius 3 is 2.82 bits per heavy atom. The van der Waals surface area contributed by atoms with Gasteiger partial charge in [-0.05, 0) is 67.7 Å². The lowest BCUT2D eigenvalue weighted by Crippen LogP contribution is -2.20. The van der Waals surface area contributed by atoms with Gasteiger partial charge in [0.25, 0.3) is 0 Å². The average Bonchev–Trinajstić information content (AvgIpc) is 2.92. The third-order valence-corrected chi connectivity index (χ3v) is 4.72. The summed E-state index contributed by atoms with van der Waals surface area (Å²) in [5.41, 5.74) is 9.10. The molecule has 1 aromatic rings. The number of hydrogen-bond acceptors (Lipinski definition) is 2. The molecule has 2 nitrogen and oxygen atoms in total. The second kappa shape index (κ2) is 4.25. The van der Waals surface area contributed by atoms with Crippen molar-refractivity contribution < 1.29 is 0 Å². The highest BCUT2D eigenvalue weighted by atomic mass is 14.9. The number of hydrogen-bond donors (Lipinski definition) is 2. The molecule has 3 atom stereocenters. The topological polar surface area (TPSA) is 38.0 Å². The van der Waals surface area contributed by atoms with Gasteiger partial charge in [-0.3, -0.25) is 0 Å². The first kappa shape index (κ1) is 10.9. The molecule has 0 saturated heterocycles. The second-order valence-electron chi connectivity index (χ2n) is 5.89. The Kier molecular flexibility index (Phi) is 2.73. The summed E-state index contributed by atoms with van der Waals surface area (Å²) >= 11 is 0. The van der Waals surface area contributed by atoms with Crippen LogP contribution in [0.15, 0.2) is 18.2 Å². The summed E-state index contributed by atoms with van der Waals surface area (Å²) in [5, 5.41) is 3.58. The third-order valence-electron chi connectivity index (χ3n) is 4.72. The van der Waals surface area contributed by atoms with E-state index in [1.807, 2.05) is 6.07 Å². The van der Waals surface area contributed by atoms with Gasteiger partial charge < -0.3 is 11.1 Å². The first-order valence-electron chi connectivity index (χ1n) is 6.82. The Balaban J connectivity index is 1.59. The minimum Gasteiger partial charge on any atom is -0.399 e. The molecule has 0 spiro atoms. The maximum Gasteiger partial charge on any atom is 0.0345 e.